The summed E-state index contributed by atoms with van der Waals surface area (Å²) in [7, 11) is 0. The van der Waals surface area contributed by atoms with Gasteiger partial charge in [0.2, 0.25) is 5.91 Å². The average molecular weight is 394 g/mol. The van der Waals surface area contributed by atoms with Crippen LogP contribution in [0.15, 0.2) is 54.6 Å². The molecule has 2 aromatic rings. The number of hydrogen-bond acceptors (Lipinski definition) is 3. The lowest BCUT2D eigenvalue weighted by Gasteiger charge is -2.33. The van der Waals surface area contributed by atoms with E-state index in [1.54, 1.807) is 11.0 Å². The number of carbonyl (C=O) groups excluding carboxylic acids is 2. The molecule has 0 saturated carbocycles. The fraction of sp³-hybridized carbons (Fsp3) is 0.348. The van der Waals surface area contributed by atoms with Crippen molar-refractivity contribution < 1.29 is 19.5 Å². The minimum absolute atomic E-state index is 0.0836. The zero-order chi connectivity index (χ0) is 20.8. The third-order valence-corrected chi connectivity index (χ3v) is 5.35. The Bertz CT molecular complexity index is 881. The fourth-order valence-corrected chi connectivity index (χ4v) is 3.70. The number of amides is 2. The van der Waals surface area contributed by atoms with Crippen molar-refractivity contribution in [2.45, 2.75) is 32.2 Å². The molecular weight excluding hydrogens is 368 g/mol. The van der Waals surface area contributed by atoms with Crippen molar-refractivity contribution in [1.29, 1.82) is 0 Å². The van der Waals surface area contributed by atoms with Crippen molar-refractivity contribution in [3.8, 4) is 0 Å². The van der Waals surface area contributed by atoms with Crippen LogP contribution in [-0.2, 0) is 16.0 Å². The highest BCUT2D eigenvalue weighted by Gasteiger charge is 2.31. The summed E-state index contributed by atoms with van der Waals surface area (Å²) in [5.74, 6) is -1.87. The highest BCUT2D eigenvalue weighted by molar-refractivity contribution is 5.96. The number of piperidine rings is 1. The Morgan fingerprint density at radius 1 is 1.10 bits per heavy atom. The molecule has 6 heteroatoms. The van der Waals surface area contributed by atoms with Gasteiger partial charge in [-0.15, -0.1) is 0 Å². The second kappa shape index (κ2) is 9.37. The number of benzene rings is 2. The summed E-state index contributed by atoms with van der Waals surface area (Å²) in [5, 5.41) is 12.2. The van der Waals surface area contributed by atoms with Crippen molar-refractivity contribution in [3.05, 3.63) is 71.3 Å². The van der Waals surface area contributed by atoms with Crippen LogP contribution in [0.5, 0.6) is 0 Å². The summed E-state index contributed by atoms with van der Waals surface area (Å²) in [6.07, 6.45) is 1.58. The molecule has 2 aromatic carbocycles. The number of aryl methyl sites for hydroxylation is 1. The van der Waals surface area contributed by atoms with Gasteiger partial charge in [-0.05, 0) is 37.0 Å². The van der Waals surface area contributed by atoms with Gasteiger partial charge < -0.3 is 15.3 Å². The van der Waals surface area contributed by atoms with Crippen LogP contribution in [-0.4, -0.2) is 46.9 Å². The molecule has 0 radical (unpaired) electrons. The number of carbonyl (C=O) groups is 3. The lowest BCUT2D eigenvalue weighted by atomic mass is 9.95. The van der Waals surface area contributed by atoms with E-state index in [1.165, 1.54) is 0 Å². The molecule has 0 aliphatic carbocycles. The number of nitrogens with one attached hydrogen (secondary N) is 1. The number of hydrogen-bond donors (Lipinski definition) is 2. The Kier molecular flexibility index (Phi) is 6.65. The van der Waals surface area contributed by atoms with Crippen molar-refractivity contribution in [1.82, 2.24) is 10.2 Å². The molecular formula is C23H26N2O4. The number of carboxylic acid groups (broad SMARTS) is 1. The number of aliphatic carboxylic acids is 1. The standard InChI is InChI=1S/C23H26N2O4/c1-16-8-5-6-12-19(16)22(27)25-13-7-11-18(15-25)21(26)24-20(23(28)29)14-17-9-3-2-4-10-17/h2-6,8-10,12,18,20H,7,11,13-15H2,1H3,(H,24,26)(H,28,29)/t18-,20-/m0/s1. The van der Waals surface area contributed by atoms with E-state index in [4.69, 9.17) is 0 Å². The average Bonchev–Trinajstić information content (AvgIpc) is 2.74. The van der Waals surface area contributed by atoms with Crippen molar-refractivity contribution in [2.75, 3.05) is 13.1 Å². The molecule has 1 fully saturated rings. The van der Waals surface area contributed by atoms with E-state index in [0.717, 1.165) is 11.1 Å². The smallest absolute Gasteiger partial charge is 0.326 e. The van der Waals surface area contributed by atoms with Crippen LogP contribution in [0.4, 0.5) is 0 Å². The molecule has 152 valence electrons. The van der Waals surface area contributed by atoms with E-state index < -0.39 is 17.9 Å². The zero-order valence-corrected chi connectivity index (χ0v) is 16.5. The first-order valence-corrected chi connectivity index (χ1v) is 9.87. The Morgan fingerprint density at radius 2 is 1.79 bits per heavy atom. The second-order valence-electron chi connectivity index (χ2n) is 7.49. The quantitative estimate of drug-likeness (QED) is 0.789. The zero-order valence-electron chi connectivity index (χ0n) is 16.5. The molecule has 2 N–H and O–H groups in total. The Labute approximate surface area is 170 Å². The first-order chi connectivity index (χ1) is 14.0. The molecule has 3 rings (SSSR count). The monoisotopic (exact) mass is 394 g/mol. The van der Waals surface area contributed by atoms with Crippen LogP contribution in [0.3, 0.4) is 0 Å². The van der Waals surface area contributed by atoms with Gasteiger partial charge in [0.1, 0.15) is 6.04 Å². The molecule has 29 heavy (non-hydrogen) atoms. The normalized spacial score (nSPS) is 17.4. The van der Waals surface area contributed by atoms with Gasteiger partial charge in [0.05, 0.1) is 5.92 Å². The lowest BCUT2D eigenvalue weighted by Crippen LogP contribution is -2.50. The molecule has 0 aromatic heterocycles. The SMILES string of the molecule is Cc1ccccc1C(=O)N1CCC[C@H](C(=O)N[C@@H](Cc2ccccc2)C(=O)O)C1. The first kappa shape index (κ1) is 20.6. The van der Waals surface area contributed by atoms with Crippen LogP contribution in [0.25, 0.3) is 0 Å². The van der Waals surface area contributed by atoms with E-state index in [2.05, 4.69) is 5.32 Å². The van der Waals surface area contributed by atoms with Gasteiger partial charge in [-0.25, -0.2) is 4.79 Å². The number of rotatable bonds is 6. The van der Waals surface area contributed by atoms with Gasteiger partial charge in [0.25, 0.3) is 5.91 Å². The Balaban J connectivity index is 1.64. The van der Waals surface area contributed by atoms with Crippen molar-refractivity contribution in [2.24, 2.45) is 5.92 Å². The van der Waals surface area contributed by atoms with Gasteiger partial charge in [-0.2, -0.15) is 0 Å². The Hall–Kier alpha value is -3.15. The second-order valence-corrected chi connectivity index (χ2v) is 7.49. The summed E-state index contributed by atoms with van der Waals surface area (Å²) in [5.41, 5.74) is 2.39. The number of likely N-dealkylation sites (tertiary alicyclic amines) is 1. The molecule has 1 aliphatic rings. The van der Waals surface area contributed by atoms with Crippen LogP contribution in [0.2, 0.25) is 0 Å². The molecule has 0 spiro atoms. The predicted molar refractivity (Wildman–Crippen MR) is 110 cm³/mol. The highest BCUT2D eigenvalue weighted by atomic mass is 16.4. The minimum Gasteiger partial charge on any atom is -0.480 e. The van der Waals surface area contributed by atoms with E-state index in [0.29, 0.717) is 31.5 Å². The molecule has 0 bridgehead atoms. The predicted octanol–water partition coefficient (Wildman–Crippen LogP) is 2.66. The minimum atomic E-state index is -1.06. The summed E-state index contributed by atoms with van der Waals surface area (Å²) in [6.45, 7) is 2.79. The van der Waals surface area contributed by atoms with E-state index >= 15 is 0 Å². The molecule has 2 amide bonds. The number of carboxylic acids is 1. The summed E-state index contributed by atoms with van der Waals surface area (Å²) < 4.78 is 0. The number of nitrogens with zero attached hydrogens (tertiary/aromatic N) is 1. The van der Waals surface area contributed by atoms with E-state index in [9.17, 15) is 19.5 Å². The lowest BCUT2D eigenvalue weighted by molar-refractivity contribution is -0.142. The summed E-state index contributed by atoms with van der Waals surface area (Å²) in [4.78, 5) is 39.0. The van der Waals surface area contributed by atoms with Gasteiger partial charge >= 0.3 is 5.97 Å². The molecule has 1 aliphatic heterocycles. The largest absolute Gasteiger partial charge is 0.480 e. The maximum absolute atomic E-state index is 12.9. The van der Waals surface area contributed by atoms with Gasteiger partial charge in [-0.3, -0.25) is 9.59 Å². The van der Waals surface area contributed by atoms with Crippen LogP contribution in [0.1, 0.15) is 34.3 Å². The third-order valence-electron chi connectivity index (χ3n) is 5.35. The van der Waals surface area contributed by atoms with Crippen LogP contribution >= 0.6 is 0 Å². The van der Waals surface area contributed by atoms with Gasteiger partial charge in [0.15, 0.2) is 0 Å². The maximum Gasteiger partial charge on any atom is 0.326 e. The molecule has 2 atom stereocenters. The van der Waals surface area contributed by atoms with Gasteiger partial charge in [0, 0.05) is 25.1 Å². The molecule has 1 saturated heterocycles. The summed E-state index contributed by atoms with van der Waals surface area (Å²) >= 11 is 0. The fourth-order valence-electron chi connectivity index (χ4n) is 3.70. The Morgan fingerprint density at radius 3 is 2.48 bits per heavy atom. The van der Waals surface area contributed by atoms with Crippen molar-refractivity contribution >= 4 is 17.8 Å². The van der Waals surface area contributed by atoms with E-state index in [1.807, 2.05) is 55.5 Å². The van der Waals surface area contributed by atoms with Gasteiger partial charge in [-0.1, -0.05) is 48.5 Å². The van der Waals surface area contributed by atoms with Crippen molar-refractivity contribution in [3.63, 3.8) is 0 Å². The first-order valence-electron chi connectivity index (χ1n) is 9.87. The molecule has 0 unspecified atom stereocenters. The van der Waals surface area contributed by atoms with E-state index in [-0.39, 0.29) is 18.2 Å². The summed E-state index contributed by atoms with van der Waals surface area (Å²) in [6, 6.07) is 15.6. The molecule has 1 heterocycles. The van der Waals surface area contributed by atoms with Crippen LogP contribution < -0.4 is 5.32 Å². The van der Waals surface area contributed by atoms with Crippen LogP contribution in [0, 0.1) is 12.8 Å². The maximum atomic E-state index is 12.9. The molecule has 6 nitrogen and oxygen atoms in total. The topological polar surface area (TPSA) is 86.7 Å². The highest BCUT2D eigenvalue weighted by Crippen LogP contribution is 2.20. The third kappa shape index (κ3) is 5.22.